The lowest BCUT2D eigenvalue weighted by atomic mass is 10.1. The van der Waals surface area contributed by atoms with Gasteiger partial charge in [-0.25, -0.2) is 0 Å². The van der Waals surface area contributed by atoms with Crippen LogP contribution in [0.15, 0.2) is 24.4 Å². The Morgan fingerprint density at radius 2 is 1.63 bits per heavy atom. The van der Waals surface area contributed by atoms with Gasteiger partial charge in [0.15, 0.2) is 0 Å². The van der Waals surface area contributed by atoms with Crippen molar-refractivity contribution in [3.05, 3.63) is 30.1 Å². The Bertz CT molecular complexity index is 313. The van der Waals surface area contributed by atoms with Gasteiger partial charge in [0.1, 0.15) is 0 Å². The molecule has 0 aliphatic carbocycles. The van der Waals surface area contributed by atoms with Crippen LogP contribution in [0.4, 0.5) is 0 Å². The largest absolute Gasteiger partial charge is 0.261 e. The molecule has 1 nitrogen and oxygen atoms in total. The predicted octanol–water partition coefficient (Wildman–Crippen LogP) is 5.48. The fourth-order valence-corrected chi connectivity index (χ4v) is 5.43. The molecule has 1 heterocycles. The van der Waals surface area contributed by atoms with Crippen molar-refractivity contribution < 1.29 is 0 Å². The molecular weight excluding hydrogens is 249 g/mol. The standard InChI is InChI=1S/C17H30NP/c1-15(2)19(16(3)4)14-10-6-5-7-11-17-12-8-9-13-18-17/h8-9,12-13,15-16H,5-7,10-11,14H2,1-4H3. The summed E-state index contributed by atoms with van der Waals surface area (Å²) in [6, 6.07) is 6.21. The summed E-state index contributed by atoms with van der Waals surface area (Å²) < 4.78 is 0. The van der Waals surface area contributed by atoms with Crippen molar-refractivity contribution in [1.82, 2.24) is 4.98 Å². The molecule has 0 unspecified atom stereocenters. The Kier molecular flexibility index (Phi) is 8.30. The number of pyridine rings is 1. The molecule has 0 saturated heterocycles. The van der Waals surface area contributed by atoms with Crippen LogP contribution >= 0.6 is 7.92 Å². The van der Waals surface area contributed by atoms with Crippen molar-refractivity contribution in [2.75, 3.05) is 6.16 Å². The van der Waals surface area contributed by atoms with E-state index in [0.29, 0.717) is 0 Å². The van der Waals surface area contributed by atoms with Crippen molar-refractivity contribution in [1.29, 1.82) is 0 Å². The van der Waals surface area contributed by atoms with Crippen LogP contribution in [0.5, 0.6) is 0 Å². The van der Waals surface area contributed by atoms with Crippen LogP contribution in [0.1, 0.15) is 59.1 Å². The first-order valence-corrected chi connectivity index (χ1v) is 9.43. The first-order valence-electron chi connectivity index (χ1n) is 7.77. The van der Waals surface area contributed by atoms with Crippen LogP contribution in [0, 0.1) is 0 Å². The molecule has 0 radical (unpaired) electrons. The maximum atomic E-state index is 4.37. The van der Waals surface area contributed by atoms with Crippen molar-refractivity contribution in [3.63, 3.8) is 0 Å². The lowest BCUT2D eigenvalue weighted by Crippen LogP contribution is -2.06. The summed E-state index contributed by atoms with van der Waals surface area (Å²) in [4.78, 5) is 4.37. The van der Waals surface area contributed by atoms with Crippen LogP contribution in [-0.2, 0) is 6.42 Å². The zero-order chi connectivity index (χ0) is 14.1. The molecule has 0 atom stereocenters. The van der Waals surface area contributed by atoms with E-state index in [4.69, 9.17) is 0 Å². The summed E-state index contributed by atoms with van der Waals surface area (Å²) in [6.45, 7) is 9.58. The third-order valence-corrected chi connectivity index (χ3v) is 7.14. The molecule has 19 heavy (non-hydrogen) atoms. The molecule has 0 aromatic carbocycles. The minimum Gasteiger partial charge on any atom is -0.261 e. The molecule has 2 heteroatoms. The highest BCUT2D eigenvalue weighted by atomic mass is 31.1. The van der Waals surface area contributed by atoms with E-state index in [0.717, 1.165) is 17.7 Å². The van der Waals surface area contributed by atoms with E-state index < -0.39 is 0 Å². The average molecular weight is 279 g/mol. The second-order valence-electron chi connectivity index (χ2n) is 5.91. The Morgan fingerprint density at radius 3 is 2.21 bits per heavy atom. The van der Waals surface area contributed by atoms with Gasteiger partial charge in [-0.05, 0) is 48.9 Å². The SMILES string of the molecule is CC(C)P(CCCCCCc1ccccn1)C(C)C. The van der Waals surface area contributed by atoms with E-state index in [1.807, 2.05) is 12.3 Å². The van der Waals surface area contributed by atoms with E-state index in [9.17, 15) is 0 Å². The Morgan fingerprint density at radius 1 is 0.947 bits per heavy atom. The summed E-state index contributed by atoms with van der Waals surface area (Å²) in [5.41, 5.74) is 3.03. The number of hydrogen-bond acceptors (Lipinski definition) is 1. The second-order valence-corrected chi connectivity index (χ2v) is 9.45. The van der Waals surface area contributed by atoms with Gasteiger partial charge in [0.25, 0.3) is 0 Å². The van der Waals surface area contributed by atoms with Crippen LogP contribution in [-0.4, -0.2) is 22.5 Å². The van der Waals surface area contributed by atoms with Crippen molar-refractivity contribution in [2.24, 2.45) is 0 Å². The molecule has 0 aliphatic heterocycles. The quantitative estimate of drug-likeness (QED) is 0.430. The third-order valence-electron chi connectivity index (χ3n) is 3.65. The van der Waals surface area contributed by atoms with Gasteiger partial charge >= 0.3 is 0 Å². The topological polar surface area (TPSA) is 12.9 Å². The average Bonchev–Trinajstić information content (AvgIpc) is 2.38. The highest BCUT2D eigenvalue weighted by Crippen LogP contribution is 2.46. The van der Waals surface area contributed by atoms with Gasteiger partial charge in [-0.1, -0.05) is 46.6 Å². The number of nitrogens with zero attached hydrogens (tertiary/aromatic N) is 1. The van der Waals surface area contributed by atoms with E-state index in [2.05, 4.69) is 44.8 Å². The highest BCUT2D eigenvalue weighted by Gasteiger charge is 2.15. The Labute approximate surface area is 121 Å². The molecule has 1 aromatic heterocycles. The van der Waals surface area contributed by atoms with Gasteiger partial charge in [0.05, 0.1) is 0 Å². The molecule has 0 aliphatic rings. The minimum absolute atomic E-state index is 0.244. The molecule has 108 valence electrons. The van der Waals surface area contributed by atoms with Crippen LogP contribution < -0.4 is 0 Å². The summed E-state index contributed by atoms with van der Waals surface area (Å²) in [5.74, 6) is 0. The zero-order valence-electron chi connectivity index (χ0n) is 13.1. The number of hydrogen-bond donors (Lipinski definition) is 0. The van der Waals surface area contributed by atoms with E-state index in [1.54, 1.807) is 0 Å². The van der Waals surface area contributed by atoms with Crippen molar-refractivity contribution >= 4 is 7.92 Å². The molecular formula is C17H30NP. The molecule has 0 N–H and O–H groups in total. The number of rotatable bonds is 9. The van der Waals surface area contributed by atoms with Gasteiger partial charge in [-0.15, -0.1) is 7.92 Å². The fourth-order valence-electron chi connectivity index (χ4n) is 2.61. The number of aromatic nitrogens is 1. The summed E-state index contributed by atoms with van der Waals surface area (Å²) in [5, 5.41) is 0. The fraction of sp³-hybridized carbons (Fsp3) is 0.706. The van der Waals surface area contributed by atoms with E-state index in [1.165, 1.54) is 37.5 Å². The molecule has 0 bridgehead atoms. The van der Waals surface area contributed by atoms with E-state index in [-0.39, 0.29) is 7.92 Å². The molecule has 0 amide bonds. The zero-order valence-corrected chi connectivity index (χ0v) is 14.0. The van der Waals surface area contributed by atoms with Gasteiger partial charge in [0.2, 0.25) is 0 Å². The minimum atomic E-state index is 0.244. The van der Waals surface area contributed by atoms with Gasteiger partial charge in [-0.2, -0.15) is 0 Å². The Balaban J connectivity index is 2.08. The molecule has 1 rings (SSSR count). The summed E-state index contributed by atoms with van der Waals surface area (Å²) >= 11 is 0. The lowest BCUT2D eigenvalue weighted by molar-refractivity contribution is 0.661. The van der Waals surface area contributed by atoms with Gasteiger partial charge in [-0.3, -0.25) is 4.98 Å². The maximum absolute atomic E-state index is 4.37. The van der Waals surface area contributed by atoms with Crippen LogP contribution in [0.3, 0.4) is 0 Å². The molecule has 0 fully saturated rings. The van der Waals surface area contributed by atoms with Gasteiger partial charge in [0, 0.05) is 11.9 Å². The molecule has 1 aromatic rings. The highest BCUT2D eigenvalue weighted by molar-refractivity contribution is 7.59. The number of unbranched alkanes of at least 4 members (excludes halogenated alkanes) is 3. The monoisotopic (exact) mass is 279 g/mol. The second kappa shape index (κ2) is 9.48. The van der Waals surface area contributed by atoms with Gasteiger partial charge < -0.3 is 0 Å². The van der Waals surface area contributed by atoms with Crippen molar-refractivity contribution in [2.45, 2.75) is 71.1 Å². The van der Waals surface area contributed by atoms with Crippen molar-refractivity contribution in [3.8, 4) is 0 Å². The van der Waals surface area contributed by atoms with Crippen LogP contribution in [0.25, 0.3) is 0 Å². The summed E-state index contributed by atoms with van der Waals surface area (Å²) in [7, 11) is 0.244. The summed E-state index contributed by atoms with van der Waals surface area (Å²) in [6.07, 6.45) is 9.97. The normalized spacial score (nSPS) is 11.7. The third kappa shape index (κ3) is 7.06. The first-order chi connectivity index (χ1) is 9.11. The number of aryl methyl sites for hydroxylation is 1. The molecule has 0 saturated carbocycles. The first kappa shape index (κ1) is 16.6. The Hall–Kier alpha value is -0.420. The smallest absolute Gasteiger partial charge is 0.0403 e. The predicted molar refractivity (Wildman–Crippen MR) is 88.5 cm³/mol. The maximum Gasteiger partial charge on any atom is 0.0403 e. The van der Waals surface area contributed by atoms with Crippen LogP contribution in [0.2, 0.25) is 0 Å². The lowest BCUT2D eigenvalue weighted by Gasteiger charge is -2.25. The van der Waals surface area contributed by atoms with E-state index >= 15 is 0 Å². The molecule has 0 spiro atoms.